The molecule has 0 aromatic carbocycles. The standard InChI is InChI=1S/C68H130O8/c1-61(2)53-47-41-35-29-23-17-11-8-14-20-26-32-38-44-50-56-73-65(70)59-68(76-64(7)69,67(72)75-58-52-46-40-34-28-22-16-10-13-19-25-31-37-43-49-55-63(5)6)60-66(71)74-57-51-45-39-33-27-21-15-9-12-18-24-30-36-42-48-54-62(3)4/h61-63H,8-60H2,1-7H3. The first kappa shape index (κ1) is 73.9. The average molecular weight is 1080 g/mol. The summed E-state index contributed by atoms with van der Waals surface area (Å²) in [7, 11) is 0. The molecule has 0 N–H and O–H groups in total. The van der Waals surface area contributed by atoms with Crippen LogP contribution in [-0.2, 0) is 38.1 Å². The fourth-order valence-electron chi connectivity index (χ4n) is 10.7. The second kappa shape index (κ2) is 56.2. The molecule has 76 heavy (non-hydrogen) atoms. The Kier molecular flexibility index (Phi) is 54.6. The van der Waals surface area contributed by atoms with Gasteiger partial charge in [0.05, 0.1) is 32.7 Å². The molecule has 450 valence electrons. The molecule has 0 unspecified atom stereocenters. The van der Waals surface area contributed by atoms with Gasteiger partial charge in [-0.15, -0.1) is 0 Å². The van der Waals surface area contributed by atoms with E-state index in [1.807, 2.05) is 0 Å². The van der Waals surface area contributed by atoms with E-state index < -0.39 is 42.3 Å². The molecule has 0 aliphatic rings. The van der Waals surface area contributed by atoms with Gasteiger partial charge in [-0.05, 0) is 37.0 Å². The van der Waals surface area contributed by atoms with Crippen LogP contribution in [0.4, 0.5) is 0 Å². The predicted octanol–water partition coefficient (Wildman–Crippen LogP) is 21.4. The third-order valence-corrected chi connectivity index (χ3v) is 15.6. The van der Waals surface area contributed by atoms with E-state index in [1.165, 1.54) is 251 Å². The van der Waals surface area contributed by atoms with Gasteiger partial charge >= 0.3 is 23.9 Å². The van der Waals surface area contributed by atoms with Crippen LogP contribution in [0.25, 0.3) is 0 Å². The Morgan fingerprint density at radius 2 is 0.461 bits per heavy atom. The molecule has 0 rings (SSSR count). The zero-order valence-electron chi connectivity index (χ0n) is 52.0. The first-order chi connectivity index (χ1) is 36.9. The van der Waals surface area contributed by atoms with Crippen LogP contribution < -0.4 is 0 Å². The van der Waals surface area contributed by atoms with Crippen LogP contribution in [0.5, 0.6) is 0 Å². The smallest absolute Gasteiger partial charge is 0.351 e. The molecule has 0 aromatic heterocycles. The van der Waals surface area contributed by atoms with Gasteiger partial charge in [0.2, 0.25) is 5.60 Å². The number of unbranched alkanes of at least 4 members (excludes halogenated alkanes) is 42. The third-order valence-electron chi connectivity index (χ3n) is 15.6. The first-order valence-corrected chi connectivity index (χ1v) is 33.6. The summed E-state index contributed by atoms with van der Waals surface area (Å²) >= 11 is 0. The molecule has 0 fully saturated rings. The highest BCUT2D eigenvalue weighted by atomic mass is 16.6. The maximum atomic E-state index is 13.8. The molecule has 0 aliphatic carbocycles. The van der Waals surface area contributed by atoms with Crippen LogP contribution in [-0.4, -0.2) is 49.3 Å². The van der Waals surface area contributed by atoms with E-state index >= 15 is 0 Å². The van der Waals surface area contributed by atoms with E-state index in [-0.39, 0.29) is 19.8 Å². The second-order valence-corrected chi connectivity index (χ2v) is 25.0. The fourth-order valence-corrected chi connectivity index (χ4v) is 10.7. The Hall–Kier alpha value is -2.12. The quantitative estimate of drug-likeness (QED) is 0.0337. The van der Waals surface area contributed by atoms with Crippen molar-refractivity contribution in [3.8, 4) is 0 Å². The van der Waals surface area contributed by atoms with Crippen LogP contribution in [0.3, 0.4) is 0 Å². The predicted molar refractivity (Wildman–Crippen MR) is 323 cm³/mol. The first-order valence-electron chi connectivity index (χ1n) is 33.6. The van der Waals surface area contributed by atoms with Crippen LogP contribution >= 0.6 is 0 Å². The van der Waals surface area contributed by atoms with Crippen LogP contribution in [0.1, 0.15) is 370 Å². The van der Waals surface area contributed by atoms with Crippen molar-refractivity contribution in [1.82, 2.24) is 0 Å². The lowest BCUT2D eigenvalue weighted by Crippen LogP contribution is -2.48. The van der Waals surface area contributed by atoms with Gasteiger partial charge in [-0.3, -0.25) is 14.4 Å². The van der Waals surface area contributed by atoms with Gasteiger partial charge in [-0.2, -0.15) is 0 Å². The molecule has 0 atom stereocenters. The molecule has 0 amide bonds. The molecule has 0 aliphatic heterocycles. The molecular weight excluding hydrogens is 945 g/mol. The zero-order chi connectivity index (χ0) is 55.8. The molecule has 0 spiro atoms. The lowest BCUT2D eigenvalue weighted by Gasteiger charge is -2.29. The highest BCUT2D eigenvalue weighted by Gasteiger charge is 2.48. The van der Waals surface area contributed by atoms with E-state index in [0.29, 0.717) is 19.3 Å². The lowest BCUT2D eigenvalue weighted by atomic mass is 9.95. The number of carbonyl (C=O) groups is 4. The van der Waals surface area contributed by atoms with Gasteiger partial charge in [-0.25, -0.2) is 4.79 Å². The number of carbonyl (C=O) groups excluding carboxylic acids is 4. The Labute approximate surface area is 472 Å². The van der Waals surface area contributed by atoms with Crippen molar-refractivity contribution in [2.45, 2.75) is 375 Å². The summed E-state index contributed by atoms with van der Waals surface area (Å²) in [4.78, 5) is 53.0. The molecule has 0 bridgehead atoms. The number of rotatable bonds is 60. The minimum atomic E-state index is -2.13. The van der Waals surface area contributed by atoms with Gasteiger partial charge in [0, 0.05) is 6.92 Å². The third kappa shape index (κ3) is 53.9. The van der Waals surface area contributed by atoms with Crippen molar-refractivity contribution < 1.29 is 38.1 Å². The fraction of sp³-hybridized carbons (Fsp3) is 0.941. The van der Waals surface area contributed by atoms with E-state index in [0.717, 1.165) is 62.7 Å². The topological polar surface area (TPSA) is 105 Å². The zero-order valence-corrected chi connectivity index (χ0v) is 52.0. The van der Waals surface area contributed by atoms with E-state index in [9.17, 15) is 19.2 Å². The van der Waals surface area contributed by atoms with Gasteiger partial charge in [-0.1, -0.05) is 330 Å². The molecule has 0 heterocycles. The number of hydrogen-bond donors (Lipinski definition) is 0. The van der Waals surface area contributed by atoms with Gasteiger partial charge in [0.25, 0.3) is 0 Å². The summed E-state index contributed by atoms with van der Waals surface area (Å²) in [5, 5.41) is 0. The summed E-state index contributed by atoms with van der Waals surface area (Å²) < 4.78 is 22.5. The molecule has 8 nitrogen and oxygen atoms in total. The van der Waals surface area contributed by atoms with Gasteiger partial charge in [0.15, 0.2) is 0 Å². The molecule has 0 saturated heterocycles. The van der Waals surface area contributed by atoms with Crippen LogP contribution in [0, 0.1) is 17.8 Å². The summed E-state index contributed by atoms with van der Waals surface area (Å²) in [5.41, 5.74) is -2.13. The Bertz CT molecular complexity index is 1220. The Morgan fingerprint density at radius 1 is 0.276 bits per heavy atom. The van der Waals surface area contributed by atoms with Gasteiger partial charge in [0.1, 0.15) is 0 Å². The van der Waals surface area contributed by atoms with Crippen LogP contribution in [0.2, 0.25) is 0 Å². The van der Waals surface area contributed by atoms with E-state index in [2.05, 4.69) is 41.5 Å². The molecule has 0 radical (unpaired) electrons. The molecule has 8 heteroatoms. The highest BCUT2D eigenvalue weighted by molar-refractivity contribution is 5.92. The van der Waals surface area contributed by atoms with Crippen molar-refractivity contribution in [2.24, 2.45) is 17.8 Å². The summed E-state index contributed by atoms with van der Waals surface area (Å²) in [6.45, 7) is 15.6. The molecule has 0 saturated carbocycles. The number of hydrogen-bond acceptors (Lipinski definition) is 8. The SMILES string of the molecule is CC(=O)OC(CC(=O)OCCCCCCCCCCCCCCCCCC(C)C)(CC(=O)OCCCCCCCCCCCCCCCCCC(C)C)C(=O)OCCCCCCCCCCCCCCCCCC(C)C. The van der Waals surface area contributed by atoms with Crippen molar-refractivity contribution >= 4 is 23.9 Å². The summed E-state index contributed by atoms with van der Waals surface area (Å²) in [6, 6.07) is 0. The minimum Gasteiger partial charge on any atom is -0.466 e. The number of ether oxygens (including phenoxy) is 4. The van der Waals surface area contributed by atoms with Crippen molar-refractivity contribution in [3.05, 3.63) is 0 Å². The van der Waals surface area contributed by atoms with Crippen molar-refractivity contribution in [2.75, 3.05) is 19.8 Å². The molecule has 0 aromatic rings. The summed E-state index contributed by atoms with van der Waals surface area (Å²) in [5.74, 6) is -0.534. The highest BCUT2D eigenvalue weighted by Crippen LogP contribution is 2.27. The monoisotopic (exact) mass is 1070 g/mol. The van der Waals surface area contributed by atoms with Crippen molar-refractivity contribution in [3.63, 3.8) is 0 Å². The number of esters is 4. The second-order valence-electron chi connectivity index (χ2n) is 25.0. The minimum absolute atomic E-state index is 0.126. The maximum Gasteiger partial charge on any atom is 0.351 e. The van der Waals surface area contributed by atoms with E-state index in [4.69, 9.17) is 18.9 Å². The molecular formula is C68H130O8. The summed E-state index contributed by atoms with van der Waals surface area (Å²) in [6.07, 6.45) is 58.9. The van der Waals surface area contributed by atoms with Gasteiger partial charge < -0.3 is 18.9 Å². The Balaban J connectivity index is 4.72. The average Bonchev–Trinajstić information content (AvgIpc) is 3.36. The maximum absolute atomic E-state index is 13.8. The largest absolute Gasteiger partial charge is 0.466 e. The Morgan fingerprint density at radius 3 is 0.658 bits per heavy atom. The van der Waals surface area contributed by atoms with Crippen LogP contribution in [0.15, 0.2) is 0 Å². The lowest BCUT2D eigenvalue weighted by molar-refractivity contribution is -0.190. The van der Waals surface area contributed by atoms with E-state index in [1.54, 1.807) is 0 Å². The van der Waals surface area contributed by atoms with Crippen molar-refractivity contribution in [1.29, 1.82) is 0 Å². The normalized spacial score (nSPS) is 11.8.